The van der Waals surface area contributed by atoms with E-state index < -0.39 is 4.92 Å². The van der Waals surface area contributed by atoms with Gasteiger partial charge in [0.25, 0.3) is 6.20 Å². The van der Waals surface area contributed by atoms with Gasteiger partial charge < -0.3 is 10.2 Å². The predicted molar refractivity (Wildman–Crippen MR) is 74.1 cm³/mol. The molecule has 1 aromatic heterocycles. The highest BCUT2D eigenvalue weighted by Crippen LogP contribution is 2.11. The summed E-state index contributed by atoms with van der Waals surface area (Å²) in [6.45, 7) is 5.64. The highest BCUT2D eigenvalue weighted by molar-refractivity contribution is 6.29. The quantitative estimate of drug-likeness (QED) is 0.472. The van der Waals surface area contributed by atoms with Gasteiger partial charge in [-0.05, 0) is 25.5 Å². The van der Waals surface area contributed by atoms with Crippen LogP contribution in [0.4, 0.5) is 0 Å². The molecule has 1 aromatic rings. The SMILES string of the molecule is CCNC(=C[N+](=O)[O-])N(CC)Cc1ccc(Cl)nc1. The number of hydrogen-bond acceptors (Lipinski definition) is 5. The predicted octanol–water partition coefficient (Wildman–Crippen LogP) is 2.24. The molecule has 0 amide bonds. The third kappa shape index (κ3) is 5.13. The zero-order valence-electron chi connectivity index (χ0n) is 11.0. The fourth-order valence-corrected chi connectivity index (χ4v) is 1.72. The molecule has 0 aliphatic heterocycles. The van der Waals surface area contributed by atoms with Crippen LogP contribution >= 0.6 is 11.6 Å². The molecule has 0 bridgehead atoms. The van der Waals surface area contributed by atoms with Crippen molar-refractivity contribution in [2.45, 2.75) is 20.4 Å². The first-order chi connectivity index (χ1) is 9.06. The van der Waals surface area contributed by atoms with Gasteiger partial charge in [0.05, 0.1) is 4.92 Å². The Bertz CT molecular complexity index is 448. The van der Waals surface area contributed by atoms with Gasteiger partial charge in [-0.25, -0.2) is 4.98 Å². The van der Waals surface area contributed by atoms with E-state index in [1.807, 2.05) is 24.8 Å². The van der Waals surface area contributed by atoms with E-state index in [1.165, 1.54) is 0 Å². The van der Waals surface area contributed by atoms with Crippen molar-refractivity contribution in [3.05, 3.63) is 51.2 Å². The van der Waals surface area contributed by atoms with Gasteiger partial charge >= 0.3 is 0 Å². The van der Waals surface area contributed by atoms with E-state index in [1.54, 1.807) is 12.3 Å². The molecule has 1 N–H and O–H groups in total. The monoisotopic (exact) mass is 284 g/mol. The van der Waals surface area contributed by atoms with Crippen molar-refractivity contribution in [2.75, 3.05) is 13.1 Å². The summed E-state index contributed by atoms with van der Waals surface area (Å²) in [5.41, 5.74) is 0.943. The van der Waals surface area contributed by atoms with E-state index in [-0.39, 0.29) is 0 Å². The van der Waals surface area contributed by atoms with E-state index in [4.69, 9.17) is 11.6 Å². The molecule has 6 nitrogen and oxygen atoms in total. The Hall–Kier alpha value is -1.82. The molecule has 0 aliphatic rings. The second kappa shape index (κ2) is 7.58. The minimum absolute atomic E-state index is 0.430. The van der Waals surface area contributed by atoms with Gasteiger partial charge in [0.1, 0.15) is 5.15 Å². The van der Waals surface area contributed by atoms with Crippen molar-refractivity contribution in [3.63, 3.8) is 0 Å². The number of nitro groups is 1. The summed E-state index contributed by atoms with van der Waals surface area (Å²) in [7, 11) is 0. The number of rotatable bonds is 7. The number of aromatic nitrogens is 1. The van der Waals surface area contributed by atoms with Crippen LogP contribution < -0.4 is 5.32 Å². The topological polar surface area (TPSA) is 71.3 Å². The molecule has 0 fully saturated rings. The fraction of sp³-hybridized carbons (Fsp3) is 0.417. The zero-order valence-corrected chi connectivity index (χ0v) is 11.7. The molecule has 0 aromatic carbocycles. The molecule has 0 unspecified atom stereocenters. The van der Waals surface area contributed by atoms with Crippen molar-refractivity contribution >= 4 is 11.6 Å². The van der Waals surface area contributed by atoms with Crippen molar-refractivity contribution in [1.29, 1.82) is 0 Å². The third-order valence-corrected chi connectivity index (χ3v) is 2.69. The first kappa shape index (κ1) is 15.2. The zero-order chi connectivity index (χ0) is 14.3. The molecule has 0 aliphatic carbocycles. The van der Waals surface area contributed by atoms with Crippen molar-refractivity contribution in [3.8, 4) is 0 Å². The van der Waals surface area contributed by atoms with Gasteiger partial charge in [-0.2, -0.15) is 0 Å². The number of halogens is 1. The molecule has 19 heavy (non-hydrogen) atoms. The lowest BCUT2D eigenvalue weighted by molar-refractivity contribution is -0.404. The third-order valence-electron chi connectivity index (χ3n) is 2.47. The molecule has 0 saturated heterocycles. The van der Waals surface area contributed by atoms with Gasteiger partial charge in [0, 0.05) is 25.8 Å². The lowest BCUT2D eigenvalue weighted by Crippen LogP contribution is -2.32. The van der Waals surface area contributed by atoms with Crippen molar-refractivity contribution in [1.82, 2.24) is 15.2 Å². The summed E-state index contributed by atoms with van der Waals surface area (Å²) >= 11 is 5.73. The maximum atomic E-state index is 10.6. The maximum Gasteiger partial charge on any atom is 0.274 e. The van der Waals surface area contributed by atoms with Crippen molar-refractivity contribution in [2.24, 2.45) is 0 Å². The van der Waals surface area contributed by atoms with Crippen LogP contribution in [0.25, 0.3) is 0 Å². The van der Waals surface area contributed by atoms with Crippen LogP contribution in [0.2, 0.25) is 5.15 Å². The van der Waals surface area contributed by atoms with E-state index in [0.29, 0.717) is 30.6 Å². The van der Waals surface area contributed by atoms with Crippen LogP contribution in [0.1, 0.15) is 19.4 Å². The second-order valence-electron chi connectivity index (χ2n) is 3.83. The standard InChI is InChI=1S/C12H17ClN4O2/c1-3-14-12(9-17(18)19)16(4-2)8-10-5-6-11(13)15-7-10/h5-7,9,14H,3-4,8H2,1-2H3. The average Bonchev–Trinajstić information content (AvgIpc) is 2.37. The highest BCUT2D eigenvalue weighted by atomic mass is 35.5. The molecule has 0 saturated carbocycles. The van der Waals surface area contributed by atoms with E-state index in [2.05, 4.69) is 10.3 Å². The van der Waals surface area contributed by atoms with Gasteiger partial charge in [-0.15, -0.1) is 0 Å². The minimum atomic E-state index is -0.458. The number of pyridine rings is 1. The van der Waals surface area contributed by atoms with Crippen LogP contribution in [0.15, 0.2) is 30.4 Å². The molecule has 0 atom stereocenters. The first-order valence-corrected chi connectivity index (χ1v) is 6.39. The summed E-state index contributed by atoms with van der Waals surface area (Å²) in [5.74, 6) is 0.491. The summed E-state index contributed by atoms with van der Waals surface area (Å²) in [6, 6.07) is 3.56. The highest BCUT2D eigenvalue weighted by Gasteiger charge is 2.11. The maximum absolute atomic E-state index is 10.6. The number of hydrogen-bond donors (Lipinski definition) is 1. The van der Waals surface area contributed by atoms with Crippen LogP contribution in [-0.4, -0.2) is 27.9 Å². The minimum Gasteiger partial charge on any atom is -0.367 e. The first-order valence-electron chi connectivity index (χ1n) is 6.01. The summed E-state index contributed by atoms with van der Waals surface area (Å²) < 4.78 is 0. The molecular formula is C12H17ClN4O2. The molecule has 7 heteroatoms. The fourth-order valence-electron chi connectivity index (χ4n) is 1.61. The summed E-state index contributed by atoms with van der Waals surface area (Å²) in [4.78, 5) is 16.0. The van der Waals surface area contributed by atoms with Gasteiger partial charge in [-0.3, -0.25) is 10.1 Å². The molecular weight excluding hydrogens is 268 g/mol. The van der Waals surface area contributed by atoms with E-state index in [9.17, 15) is 10.1 Å². The molecule has 104 valence electrons. The Morgan fingerprint density at radius 3 is 2.79 bits per heavy atom. The Kier molecular flexibility index (Phi) is 6.08. The van der Waals surface area contributed by atoms with Gasteiger partial charge in [-0.1, -0.05) is 17.7 Å². The molecule has 0 spiro atoms. The molecule has 1 heterocycles. The van der Waals surface area contributed by atoms with Crippen LogP contribution in [0.5, 0.6) is 0 Å². The molecule has 0 radical (unpaired) electrons. The van der Waals surface area contributed by atoms with E-state index >= 15 is 0 Å². The van der Waals surface area contributed by atoms with Gasteiger partial charge in [0.2, 0.25) is 0 Å². The van der Waals surface area contributed by atoms with Crippen LogP contribution in [0.3, 0.4) is 0 Å². The number of nitrogens with zero attached hydrogens (tertiary/aromatic N) is 3. The van der Waals surface area contributed by atoms with Gasteiger partial charge in [0.15, 0.2) is 5.82 Å². The van der Waals surface area contributed by atoms with Crippen molar-refractivity contribution < 1.29 is 4.92 Å². The Labute approximate surface area is 117 Å². The Morgan fingerprint density at radius 1 is 1.58 bits per heavy atom. The Morgan fingerprint density at radius 2 is 2.32 bits per heavy atom. The lowest BCUT2D eigenvalue weighted by atomic mass is 10.2. The van der Waals surface area contributed by atoms with Crippen LogP contribution in [-0.2, 0) is 6.54 Å². The molecule has 1 rings (SSSR count). The Balaban J connectivity index is 2.85. The largest absolute Gasteiger partial charge is 0.367 e. The summed E-state index contributed by atoms with van der Waals surface area (Å²) in [5, 5.41) is 14.1. The number of nitrogens with one attached hydrogen (secondary N) is 1. The summed E-state index contributed by atoms with van der Waals surface area (Å²) in [6.07, 6.45) is 2.65. The normalized spacial score (nSPS) is 11.2. The second-order valence-corrected chi connectivity index (χ2v) is 4.22. The van der Waals surface area contributed by atoms with Crippen LogP contribution in [0, 0.1) is 10.1 Å². The van der Waals surface area contributed by atoms with E-state index in [0.717, 1.165) is 11.8 Å². The average molecular weight is 285 g/mol. The smallest absolute Gasteiger partial charge is 0.274 e. The lowest BCUT2D eigenvalue weighted by Gasteiger charge is -2.24.